The second-order valence-electron chi connectivity index (χ2n) is 4.37. The Balaban J connectivity index is 3.17. The van der Waals surface area contributed by atoms with Crippen molar-refractivity contribution in [2.24, 2.45) is 0 Å². The Morgan fingerprint density at radius 3 is 2.47 bits per heavy atom. The number of anilines is 1. The first kappa shape index (κ1) is 15.5. The van der Waals surface area contributed by atoms with E-state index in [2.05, 4.69) is 14.2 Å². The number of esters is 1. The van der Waals surface area contributed by atoms with Crippen LogP contribution in [0, 0.1) is 6.92 Å². The van der Waals surface area contributed by atoms with E-state index in [9.17, 15) is 13.2 Å². The third-order valence-electron chi connectivity index (χ3n) is 2.31. The SMILES string of the molecule is COC(=O)c1cccc(C)c1NS(=O)(=O)NC(C)C. The van der Waals surface area contributed by atoms with E-state index in [0.717, 1.165) is 0 Å². The summed E-state index contributed by atoms with van der Waals surface area (Å²) in [5.74, 6) is -0.592. The lowest BCUT2D eigenvalue weighted by Gasteiger charge is -2.15. The zero-order chi connectivity index (χ0) is 14.6. The van der Waals surface area contributed by atoms with Crippen LogP contribution < -0.4 is 9.44 Å². The van der Waals surface area contributed by atoms with Crippen molar-refractivity contribution in [2.75, 3.05) is 11.8 Å². The maximum atomic E-state index is 11.9. The van der Waals surface area contributed by atoms with Crippen LogP contribution in [0.2, 0.25) is 0 Å². The Morgan fingerprint density at radius 2 is 1.95 bits per heavy atom. The van der Waals surface area contributed by atoms with E-state index in [1.165, 1.54) is 13.2 Å². The van der Waals surface area contributed by atoms with Gasteiger partial charge in [-0.1, -0.05) is 12.1 Å². The molecule has 6 nitrogen and oxygen atoms in total. The Bertz CT molecular complexity index is 567. The molecular formula is C12H18N2O4S. The number of aryl methyl sites for hydroxylation is 1. The van der Waals surface area contributed by atoms with Crippen molar-refractivity contribution in [3.63, 3.8) is 0 Å². The predicted octanol–water partition coefficient (Wildman–Crippen LogP) is 1.44. The van der Waals surface area contributed by atoms with Crippen molar-refractivity contribution in [3.8, 4) is 0 Å². The molecule has 0 radical (unpaired) electrons. The highest BCUT2D eigenvalue weighted by molar-refractivity contribution is 7.90. The number of methoxy groups -OCH3 is 1. The van der Waals surface area contributed by atoms with Crippen molar-refractivity contribution < 1.29 is 17.9 Å². The van der Waals surface area contributed by atoms with Gasteiger partial charge in [-0.05, 0) is 32.4 Å². The van der Waals surface area contributed by atoms with Gasteiger partial charge in [0.05, 0.1) is 18.4 Å². The maximum absolute atomic E-state index is 11.9. The number of carbonyl (C=O) groups is 1. The molecule has 2 N–H and O–H groups in total. The third-order valence-corrected chi connectivity index (χ3v) is 3.56. The second-order valence-corrected chi connectivity index (χ2v) is 5.81. The number of benzene rings is 1. The number of hydrogen-bond acceptors (Lipinski definition) is 4. The fourth-order valence-electron chi connectivity index (χ4n) is 1.56. The maximum Gasteiger partial charge on any atom is 0.340 e. The summed E-state index contributed by atoms with van der Waals surface area (Å²) in [6.45, 7) is 5.12. The summed E-state index contributed by atoms with van der Waals surface area (Å²) in [4.78, 5) is 11.6. The fourth-order valence-corrected chi connectivity index (χ4v) is 2.78. The Kier molecular flexibility index (Phi) is 4.90. The fraction of sp³-hybridized carbons (Fsp3) is 0.417. The van der Waals surface area contributed by atoms with Crippen LogP contribution in [-0.4, -0.2) is 27.5 Å². The second kappa shape index (κ2) is 6.03. The molecule has 19 heavy (non-hydrogen) atoms. The molecule has 1 aromatic rings. The molecule has 0 saturated carbocycles. The smallest absolute Gasteiger partial charge is 0.340 e. The highest BCUT2D eigenvalue weighted by Gasteiger charge is 2.19. The summed E-state index contributed by atoms with van der Waals surface area (Å²) in [5.41, 5.74) is 1.04. The molecule has 1 rings (SSSR count). The largest absolute Gasteiger partial charge is 0.465 e. The summed E-state index contributed by atoms with van der Waals surface area (Å²) >= 11 is 0. The van der Waals surface area contributed by atoms with E-state index in [1.807, 2.05) is 0 Å². The van der Waals surface area contributed by atoms with Crippen LogP contribution in [0.4, 0.5) is 5.69 Å². The number of hydrogen-bond donors (Lipinski definition) is 2. The van der Waals surface area contributed by atoms with E-state index >= 15 is 0 Å². The van der Waals surface area contributed by atoms with Gasteiger partial charge in [0, 0.05) is 6.04 Å². The molecule has 0 aliphatic heterocycles. The molecule has 0 heterocycles. The molecule has 0 unspecified atom stereocenters. The summed E-state index contributed by atoms with van der Waals surface area (Å²) in [7, 11) is -2.48. The first-order valence-electron chi connectivity index (χ1n) is 5.75. The van der Waals surface area contributed by atoms with Gasteiger partial charge in [-0.3, -0.25) is 4.72 Å². The van der Waals surface area contributed by atoms with Crippen molar-refractivity contribution in [3.05, 3.63) is 29.3 Å². The number of carbonyl (C=O) groups excluding carboxylic acids is 1. The third kappa shape index (κ3) is 4.22. The molecule has 0 amide bonds. The van der Waals surface area contributed by atoms with Gasteiger partial charge < -0.3 is 4.74 Å². The van der Waals surface area contributed by atoms with Gasteiger partial charge >= 0.3 is 5.97 Å². The highest BCUT2D eigenvalue weighted by atomic mass is 32.2. The minimum Gasteiger partial charge on any atom is -0.465 e. The first-order valence-corrected chi connectivity index (χ1v) is 7.23. The molecule has 0 aromatic heterocycles. The number of rotatable bonds is 5. The summed E-state index contributed by atoms with van der Waals surface area (Å²) in [6.07, 6.45) is 0. The van der Waals surface area contributed by atoms with E-state index in [0.29, 0.717) is 5.56 Å². The molecule has 0 atom stereocenters. The van der Waals surface area contributed by atoms with Crippen molar-refractivity contribution in [1.29, 1.82) is 0 Å². The first-order chi connectivity index (χ1) is 8.76. The normalized spacial score (nSPS) is 11.4. The number of nitrogens with one attached hydrogen (secondary N) is 2. The summed E-state index contributed by atoms with van der Waals surface area (Å²) in [5, 5.41) is 0. The lowest BCUT2D eigenvalue weighted by molar-refractivity contribution is 0.0602. The van der Waals surface area contributed by atoms with Gasteiger partial charge in [-0.25, -0.2) is 4.79 Å². The zero-order valence-electron chi connectivity index (χ0n) is 11.4. The molecular weight excluding hydrogens is 268 g/mol. The van der Waals surface area contributed by atoms with Crippen molar-refractivity contribution in [1.82, 2.24) is 4.72 Å². The minimum absolute atomic E-state index is 0.177. The van der Waals surface area contributed by atoms with E-state index in [1.54, 1.807) is 32.9 Å². The number of para-hydroxylation sites is 1. The quantitative estimate of drug-likeness (QED) is 0.802. The zero-order valence-corrected chi connectivity index (χ0v) is 12.2. The topological polar surface area (TPSA) is 84.5 Å². The summed E-state index contributed by atoms with van der Waals surface area (Å²) in [6, 6.07) is 4.63. The average Bonchev–Trinajstić information content (AvgIpc) is 2.28. The lowest BCUT2D eigenvalue weighted by Crippen LogP contribution is -2.35. The van der Waals surface area contributed by atoms with Crippen LogP contribution in [-0.2, 0) is 14.9 Å². The van der Waals surface area contributed by atoms with Gasteiger partial charge in [0.2, 0.25) is 0 Å². The molecule has 1 aromatic carbocycles. The monoisotopic (exact) mass is 286 g/mol. The summed E-state index contributed by atoms with van der Waals surface area (Å²) < 4.78 is 33.1. The van der Waals surface area contributed by atoms with Gasteiger partial charge in [0.15, 0.2) is 0 Å². The van der Waals surface area contributed by atoms with Gasteiger partial charge in [-0.15, -0.1) is 0 Å². The standard InChI is InChI=1S/C12H18N2O4S/c1-8(2)13-19(16,17)14-11-9(3)6-5-7-10(11)12(15)18-4/h5-8,13-14H,1-4H3. The molecule has 7 heteroatoms. The Morgan fingerprint density at radius 1 is 1.32 bits per heavy atom. The van der Waals surface area contributed by atoms with Crippen LogP contribution in [0.25, 0.3) is 0 Å². The average molecular weight is 286 g/mol. The van der Waals surface area contributed by atoms with Crippen LogP contribution >= 0.6 is 0 Å². The van der Waals surface area contributed by atoms with Crippen LogP contribution in [0.15, 0.2) is 18.2 Å². The molecule has 0 bridgehead atoms. The van der Waals surface area contributed by atoms with Gasteiger partial charge in [0.25, 0.3) is 10.2 Å². The van der Waals surface area contributed by atoms with Crippen molar-refractivity contribution in [2.45, 2.75) is 26.8 Å². The Labute approximate surface area is 113 Å². The Hall–Kier alpha value is -1.60. The molecule has 106 valence electrons. The van der Waals surface area contributed by atoms with E-state index in [-0.39, 0.29) is 17.3 Å². The molecule has 0 fully saturated rings. The molecule has 0 saturated heterocycles. The van der Waals surface area contributed by atoms with Crippen LogP contribution in [0.5, 0.6) is 0 Å². The van der Waals surface area contributed by atoms with Gasteiger partial charge in [-0.2, -0.15) is 13.1 Å². The molecule has 0 spiro atoms. The van der Waals surface area contributed by atoms with Crippen molar-refractivity contribution >= 4 is 21.9 Å². The van der Waals surface area contributed by atoms with Crippen LogP contribution in [0.3, 0.4) is 0 Å². The van der Waals surface area contributed by atoms with E-state index in [4.69, 9.17) is 0 Å². The highest BCUT2D eigenvalue weighted by Crippen LogP contribution is 2.22. The molecule has 0 aliphatic carbocycles. The minimum atomic E-state index is -3.73. The van der Waals surface area contributed by atoms with Crippen LogP contribution in [0.1, 0.15) is 29.8 Å². The van der Waals surface area contributed by atoms with E-state index < -0.39 is 16.2 Å². The molecule has 0 aliphatic rings. The van der Waals surface area contributed by atoms with Gasteiger partial charge in [0.1, 0.15) is 0 Å². The predicted molar refractivity (Wildman–Crippen MR) is 73.3 cm³/mol. The lowest BCUT2D eigenvalue weighted by atomic mass is 10.1. The number of ether oxygens (including phenoxy) is 1.